The standard InChI is InChI=1S/C11H20N2O3S/c1-8(2)12-7-10-6-11(9(3)16-10)17(14,15)13(4)5/h6,8,12H,7H2,1-5H3. The Balaban J connectivity index is 2.97. The molecule has 0 saturated carbocycles. The molecule has 0 amide bonds. The van der Waals surface area contributed by atoms with Crippen molar-refractivity contribution in [2.24, 2.45) is 0 Å². The molecule has 0 saturated heterocycles. The van der Waals surface area contributed by atoms with Crippen LogP contribution >= 0.6 is 0 Å². The predicted octanol–water partition coefficient (Wildman–Crippen LogP) is 1.34. The van der Waals surface area contributed by atoms with Gasteiger partial charge >= 0.3 is 0 Å². The number of rotatable bonds is 5. The van der Waals surface area contributed by atoms with Crippen molar-refractivity contribution in [1.29, 1.82) is 0 Å². The normalized spacial score (nSPS) is 12.6. The number of sulfonamides is 1. The van der Waals surface area contributed by atoms with Gasteiger partial charge in [0.05, 0.1) is 6.54 Å². The fourth-order valence-corrected chi connectivity index (χ4v) is 2.45. The van der Waals surface area contributed by atoms with Crippen LogP contribution < -0.4 is 5.32 Å². The molecule has 5 nitrogen and oxygen atoms in total. The summed E-state index contributed by atoms with van der Waals surface area (Å²) in [6.07, 6.45) is 0. The van der Waals surface area contributed by atoms with Crippen LogP contribution in [-0.2, 0) is 16.6 Å². The number of aryl methyl sites for hydroxylation is 1. The molecule has 1 aromatic rings. The second-order valence-electron chi connectivity index (χ2n) is 4.46. The van der Waals surface area contributed by atoms with Crippen molar-refractivity contribution >= 4 is 10.0 Å². The number of furan rings is 1. The summed E-state index contributed by atoms with van der Waals surface area (Å²) in [4.78, 5) is 0.239. The Kier molecular flexibility index (Phi) is 4.35. The molecule has 17 heavy (non-hydrogen) atoms. The minimum atomic E-state index is -3.41. The smallest absolute Gasteiger partial charge is 0.246 e. The van der Waals surface area contributed by atoms with E-state index in [0.29, 0.717) is 24.1 Å². The zero-order valence-corrected chi connectivity index (χ0v) is 11.8. The van der Waals surface area contributed by atoms with Gasteiger partial charge in [0.15, 0.2) is 0 Å². The van der Waals surface area contributed by atoms with Crippen LogP contribution in [-0.4, -0.2) is 32.9 Å². The summed E-state index contributed by atoms with van der Waals surface area (Å²) in [5, 5.41) is 3.18. The van der Waals surface area contributed by atoms with E-state index in [2.05, 4.69) is 5.32 Å². The van der Waals surface area contributed by atoms with Crippen LogP contribution in [0.3, 0.4) is 0 Å². The van der Waals surface area contributed by atoms with Crippen molar-refractivity contribution < 1.29 is 12.8 Å². The number of hydrogen-bond donors (Lipinski definition) is 1. The lowest BCUT2D eigenvalue weighted by atomic mass is 10.3. The monoisotopic (exact) mass is 260 g/mol. The first-order valence-corrected chi connectivity index (χ1v) is 6.94. The fraction of sp³-hybridized carbons (Fsp3) is 0.636. The zero-order chi connectivity index (χ0) is 13.2. The van der Waals surface area contributed by atoms with Crippen LogP contribution in [0.4, 0.5) is 0 Å². The third kappa shape index (κ3) is 3.31. The highest BCUT2D eigenvalue weighted by molar-refractivity contribution is 7.89. The van der Waals surface area contributed by atoms with E-state index in [1.165, 1.54) is 18.4 Å². The van der Waals surface area contributed by atoms with Crippen LogP contribution in [0.15, 0.2) is 15.4 Å². The van der Waals surface area contributed by atoms with Crippen molar-refractivity contribution in [2.75, 3.05) is 14.1 Å². The van der Waals surface area contributed by atoms with Crippen LogP contribution in [0.25, 0.3) is 0 Å². The van der Waals surface area contributed by atoms with Gasteiger partial charge in [0.2, 0.25) is 10.0 Å². The molecule has 1 heterocycles. The third-order valence-electron chi connectivity index (χ3n) is 2.37. The van der Waals surface area contributed by atoms with Crippen LogP contribution in [0.5, 0.6) is 0 Å². The Morgan fingerprint density at radius 3 is 2.47 bits per heavy atom. The Hall–Kier alpha value is -0.850. The molecule has 6 heteroatoms. The van der Waals surface area contributed by atoms with Gasteiger partial charge in [-0.05, 0) is 6.92 Å². The largest absolute Gasteiger partial charge is 0.464 e. The highest BCUT2D eigenvalue weighted by Gasteiger charge is 2.23. The Morgan fingerprint density at radius 1 is 1.41 bits per heavy atom. The molecule has 0 aliphatic carbocycles. The molecular formula is C11H20N2O3S. The van der Waals surface area contributed by atoms with Crippen LogP contribution in [0.2, 0.25) is 0 Å². The highest BCUT2D eigenvalue weighted by atomic mass is 32.2. The molecule has 1 rings (SSSR count). The molecule has 0 radical (unpaired) electrons. The van der Waals surface area contributed by atoms with Gasteiger partial charge in [-0.25, -0.2) is 12.7 Å². The van der Waals surface area contributed by atoms with Crippen molar-refractivity contribution in [1.82, 2.24) is 9.62 Å². The summed E-state index contributed by atoms with van der Waals surface area (Å²) in [6.45, 7) is 6.23. The quantitative estimate of drug-likeness (QED) is 0.867. The molecule has 0 atom stereocenters. The van der Waals surface area contributed by atoms with Gasteiger partial charge in [-0.2, -0.15) is 0 Å². The SMILES string of the molecule is Cc1oc(CNC(C)C)cc1S(=O)(=O)N(C)C. The van der Waals surface area contributed by atoms with Crippen molar-refractivity contribution in [3.63, 3.8) is 0 Å². The Labute approximate surface area is 103 Å². The van der Waals surface area contributed by atoms with E-state index in [1.54, 1.807) is 13.0 Å². The van der Waals surface area contributed by atoms with E-state index in [4.69, 9.17) is 4.42 Å². The van der Waals surface area contributed by atoms with Gasteiger partial charge in [-0.1, -0.05) is 13.8 Å². The molecule has 1 aromatic heterocycles. The summed E-state index contributed by atoms with van der Waals surface area (Å²) in [5.74, 6) is 1.07. The first-order chi connectivity index (χ1) is 7.75. The van der Waals surface area contributed by atoms with E-state index in [1.807, 2.05) is 13.8 Å². The van der Waals surface area contributed by atoms with Crippen LogP contribution in [0, 0.1) is 6.92 Å². The van der Waals surface area contributed by atoms with Crippen LogP contribution in [0.1, 0.15) is 25.4 Å². The minimum Gasteiger partial charge on any atom is -0.464 e. The number of nitrogens with zero attached hydrogens (tertiary/aromatic N) is 1. The summed E-state index contributed by atoms with van der Waals surface area (Å²) in [7, 11) is -0.398. The maximum Gasteiger partial charge on any atom is 0.246 e. The minimum absolute atomic E-state index is 0.239. The second-order valence-corrected chi connectivity index (χ2v) is 6.58. The third-order valence-corrected chi connectivity index (χ3v) is 4.29. The van der Waals surface area contributed by atoms with Crippen molar-refractivity contribution in [3.8, 4) is 0 Å². The lowest BCUT2D eigenvalue weighted by molar-refractivity contribution is 0.443. The zero-order valence-electron chi connectivity index (χ0n) is 10.9. The van der Waals surface area contributed by atoms with Crippen molar-refractivity contribution in [3.05, 3.63) is 17.6 Å². The Bertz CT molecular complexity index is 475. The molecule has 0 bridgehead atoms. The lowest BCUT2D eigenvalue weighted by Crippen LogP contribution is -2.22. The summed E-state index contributed by atoms with van der Waals surface area (Å²) in [5.41, 5.74) is 0. The summed E-state index contributed by atoms with van der Waals surface area (Å²) < 4.78 is 30.5. The average molecular weight is 260 g/mol. The Morgan fingerprint density at radius 2 is 2.00 bits per heavy atom. The molecule has 0 aliphatic rings. The van der Waals surface area contributed by atoms with Gasteiger partial charge in [0.25, 0.3) is 0 Å². The van der Waals surface area contributed by atoms with E-state index in [0.717, 1.165) is 0 Å². The molecule has 1 N–H and O–H groups in total. The molecule has 98 valence electrons. The van der Waals surface area contributed by atoms with Gasteiger partial charge in [-0.3, -0.25) is 0 Å². The second kappa shape index (κ2) is 5.20. The molecule has 0 fully saturated rings. The van der Waals surface area contributed by atoms with E-state index in [-0.39, 0.29) is 4.90 Å². The first-order valence-electron chi connectivity index (χ1n) is 5.50. The van der Waals surface area contributed by atoms with Gasteiger partial charge in [0.1, 0.15) is 16.4 Å². The lowest BCUT2D eigenvalue weighted by Gasteiger charge is -2.09. The molecule has 0 aliphatic heterocycles. The van der Waals surface area contributed by atoms with Gasteiger partial charge in [-0.15, -0.1) is 0 Å². The number of hydrogen-bond acceptors (Lipinski definition) is 4. The first kappa shape index (κ1) is 14.2. The van der Waals surface area contributed by atoms with E-state index in [9.17, 15) is 8.42 Å². The average Bonchev–Trinajstić information content (AvgIpc) is 2.57. The van der Waals surface area contributed by atoms with Crippen molar-refractivity contribution in [2.45, 2.75) is 38.3 Å². The fourth-order valence-electron chi connectivity index (χ4n) is 1.37. The molecular weight excluding hydrogens is 240 g/mol. The predicted molar refractivity (Wildman–Crippen MR) is 66.3 cm³/mol. The van der Waals surface area contributed by atoms with Gasteiger partial charge < -0.3 is 9.73 Å². The summed E-state index contributed by atoms with van der Waals surface area (Å²) in [6, 6.07) is 1.91. The number of nitrogens with one attached hydrogen (secondary N) is 1. The highest BCUT2D eigenvalue weighted by Crippen LogP contribution is 2.22. The molecule has 0 unspecified atom stereocenters. The maximum absolute atomic E-state index is 11.9. The van der Waals surface area contributed by atoms with E-state index >= 15 is 0 Å². The topological polar surface area (TPSA) is 62.6 Å². The summed E-state index contributed by atoms with van der Waals surface area (Å²) >= 11 is 0. The maximum atomic E-state index is 11.9. The molecule has 0 spiro atoms. The van der Waals surface area contributed by atoms with Gasteiger partial charge in [0, 0.05) is 26.2 Å². The van der Waals surface area contributed by atoms with E-state index < -0.39 is 10.0 Å². The molecule has 0 aromatic carbocycles.